The molecule has 0 spiro atoms. The monoisotopic (exact) mass is 257 g/mol. The van der Waals surface area contributed by atoms with E-state index in [1.807, 2.05) is 6.92 Å². The summed E-state index contributed by atoms with van der Waals surface area (Å²) < 4.78 is 22.2. The fourth-order valence-corrected chi connectivity index (χ4v) is 2.11. The highest BCUT2D eigenvalue weighted by Gasteiger charge is 2.08. The summed E-state index contributed by atoms with van der Waals surface area (Å²) >= 11 is 0. The van der Waals surface area contributed by atoms with Crippen molar-refractivity contribution in [1.82, 2.24) is 0 Å². The van der Waals surface area contributed by atoms with Gasteiger partial charge in [-0.1, -0.05) is 0 Å². The highest BCUT2D eigenvalue weighted by molar-refractivity contribution is 7.89. The van der Waals surface area contributed by atoms with Crippen LogP contribution in [0.1, 0.15) is 13.3 Å². The van der Waals surface area contributed by atoms with Gasteiger partial charge in [0.05, 0.1) is 4.90 Å². The van der Waals surface area contributed by atoms with Crippen molar-refractivity contribution < 1.29 is 8.42 Å². The number of nitrogens with two attached hydrogens (primary N) is 2. The molecule has 0 radical (unpaired) electrons. The quantitative estimate of drug-likeness (QED) is 0.777. The van der Waals surface area contributed by atoms with E-state index in [2.05, 4.69) is 4.90 Å². The minimum atomic E-state index is -3.61. The van der Waals surface area contributed by atoms with E-state index in [-0.39, 0.29) is 4.90 Å². The van der Waals surface area contributed by atoms with Crippen LogP contribution in [0.25, 0.3) is 0 Å². The van der Waals surface area contributed by atoms with Gasteiger partial charge in [0.25, 0.3) is 0 Å². The van der Waals surface area contributed by atoms with Gasteiger partial charge >= 0.3 is 0 Å². The summed E-state index contributed by atoms with van der Waals surface area (Å²) in [5, 5.41) is 5.04. The Bertz CT molecular complexity index is 442. The molecule has 0 bridgehead atoms. The van der Waals surface area contributed by atoms with E-state index in [1.54, 1.807) is 12.1 Å². The number of rotatable bonds is 6. The first-order chi connectivity index (χ1) is 7.99. The summed E-state index contributed by atoms with van der Waals surface area (Å²) in [5.41, 5.74) is 6.45. The van der Waals surface area contributed by atoms with Crippen molar-refractivity contribution in [2.24, 2.45) is 10.9 Å². The van der Waals surface area contributed by atoms with E-state index in [4.69, 9.17) is 10.9 Å². The molecule has 0 saturated heterocycles. The molecule has 5 nitrogen and oxygen atoms in total. The number of sulfonamides is 1. The molecule has 0 aromatic heterocycles. The molecule has 4 N–H and O–H groups in total. The number of nitrogens with zero attached hydrogens (tertiary/aromatic N) is 1. The molecule has 0 unspecified atom stereocenters. The average molecular weight is 257 g/mol. The van der Waals surface area contributed by atoms with Crippen LogP contribution < -0.4 is 15.8 Å². The van der Waals surface area contributed by atoms with E-state index in [0.29, 0.717) is 6.54 Å². The van der Waals surface area contributed by atoms with Gasteiger partial charge in [0, 0.05) is 18.8 Å². The molecule has 0 aliphatic carbocycles. The highest BCUT2D eigenvalue weighted by atomic mass is 32.2. The Labute approximate surface area is 102 Å². The van der Waals surface area contributed by atoms with Crippen molar-refractivity contribution >= 4 is 15.7 Å². The topological polar surface area (TPSA) is 89.4 Å². The first kappa shape index (κ1) is 14.0. The van der Waals surface area contributed by atoms with Gasteiger partial charge in [0.15, 0.2) is 0 Å². The van der Waals surface area contributed by atoms with Gasteiger partial charge < -0.3 is 10.6 Å². The van der Waals surface area contributed by atoms with Crippen molar-refractivity contribution in [2.75, 3.05) is 24.5 Å². The Morgan fingerprint density at radius 1 is 1.24 bits per heavy atom. The van der Waals surface area contributed by atoms with Crippen molar-refractivity contribution in [3.8, 4) is 0 Å². The minimum absolute atomic E-state index is 0.135. The second kappa shape index (κ2) is 6.00. The zero-order chi connectivity index (χ0) is 12.9. The third-order valence-corrected chi connectivity index (χ3v) is 3.47. The normalized spacial score (nSPS) is 11.5. The van der Waals surface area contributed by atoms with Crippen LogP contribution in [0, 0.1) is 0 Å². The zero-order valence-corrected chi connectivity index (χ0v) is 10.8. The summed E-state index contributed by atoms with van der Waals surface area (Å²) in [6, 6.07) is 6.57. The Balaban J connectivity index is 2.85. The van der Waals surface area contributed by atoms with Gasteiger partial charge in [-0.2, -0.15) is 0 Å². The molecule has 17 heavy (non-hydrogen) atoms. The van der Waals surface area contributed by atoms with Crippen LogP contribution in [-0.4, -0.2) is 28.1 Å². The smallest absolute Gasteiger partial charge is 0.238 e. The number of anilines is 1. The third kappa shape index (κ3) is 3.99. The first-order valence-corrected chi connectivity index (χ1v) is 7.11. The predicted molar refractivity (Wildman–Crippen MR) is 69.4 cm³/mol. The Morgan fingerprint density at radius 2 is 1.82 bits per heavy atom. The SMILES string of the molecule is CCN(CCCN)c1ccc(S(N)(=O)=O)cc1. The van der Waals surface area contributed by atoms with Crippen LogP contribution in [0.15, 0.2) is 29.2 Å². The van der Waals surface area contributed by atoms with E-state index in [9.17, 15) is 8.42 Å². The van der Waals surface area contributed by atoms with E-state index < -0.39 is 10.0 Å². The molecule has 0 atom stereocenters. The van der Waals surface area contributed by atoms with Gasteiger partial charge in [0.2, 0.25) is 10.0 Å². The second-order valence-electron chi connectivity index (χ2n) is 3.76. The largest absolute Gasteiger partial charge is 0.372 e. The molecule has 0 aliphatic rings. The van der Waals surface area contributed by atoms with Crippen LogP contribution in [0.5, 0.6) is 0 Å². The van der Waals surface area contributed by atoms with Gasteiger partial charge in [-0.25, -0.2) is 13.6 Å². The lowest BCUT2D eigenvalue weighted by Crippen LogP contribution is -2.25. The second-order valence-corrected chi connectivity index (χ2v) is 5.32. The van der Waals surface area contributed by atoms with Crippen LogP contribution in [0.3, 0.4) is 0 Å². The number of hydrogen-bond donors (Lipinski definition) is 2. The van der Waals surface area contributed by atoms with Gasteiger partial charge in [-0.15, -0.1) is 0 Å². The molecule has 0 saturated carbocycles. The summed E-state index contributed by atoms with van der Waals surface area (Å²) in [4.78, 5) is 2.27. The first-order valence-electron chi connectivity index (χ1n) is 5.57. The molecule has 6 heteroatoms. The van der Waals surface area contributed by atoms with E-state index in [0.717, 1.165) is 25.2 Å². The fourth-order valence-electron chi connectivity index (χ4n) is 1.60. The van der Waals surface area contributed by atoms with Crippen LogP contribution in [-0.2, 0) is 10.0 Å². The molecule has 96 valence electrons. The summed E-state index contributed by atoms with van der Waals surface area (Å²) in [5.74, 6) is 0. The number of primary sulfonamides is 1. The molecule has 1 rings (SSSR count). The minimum Gasteiger partial charge on any atom is -0.372 e. The number of hydrogen-bond acceptors (Lipinski definition) is 4. The Kier molecular flexibility index (Phi) is 4.92. The van der Waals surface area contributed by atoms with Gasteiger partial charge in [-0.05, 0) is 44.2 Å². The molecule has 1 aromatic carbocycles. The van der Waals surface area contributed by atoms with Crippen LogP contribution >= 0.6 is 0 Å². The van der Waals surface area contributed by atoms with Crippen molar-refractivity contribution in [1.29, 1.82) is 0 Å². The maximum absolute atomic E-state index is 11.1. The maximum atomic E-state index is 11.1. The average Bonchev–Trinajstić information content (AvgIpc) is 2.29. The number of benzene rings is 1. The third-order valence-electron chi connectivity index (χ3n) is 2.54. The van der Waals surface area contributed by atoms with Crippen molar-refractivity contribution in [2.45, 2.75) is 18.2 Å². The lowest BCUT2D eigenvalue weighted by molar-refractivity contribution is 0.598. The molecular weight excluding hydrogens is 238 g/mol. The van der Waals surface area contributed by atoms with E-state index >= 15 is 0 Å². The van der Waals surface area contributed by atoms with Crippen LogP contribution in [0.2, 0.25) is 0 Å². The van der Waals surface area contributed by atoms with Gasteiger partial charge in [0.1, 0.15) is 0 Å². The Hall–Kier alpha value is -1.11. The lowest BCUT2D eigenvalue weighted by Gasteiger charge is -2.22. The summed E-state index contributed by atoms with van der Waals surface area (Å²) in [6.45, 7) is 4.41. The molecule has 1 aromatic rings. The van der Waals surface area contributed by atoms with Crippen LogP contribution in [0.4, 0.5) is 5.69 Å². The highest BCUT2D eigenvalue weighted by Crippen LogP contribution is 2.17. The molecule has 0 aliphatic heterocycles. The predicted octanol–water partition coefficient (Wildman–Crippen LogP) is 0.509. The molecular formula is C11H19N3O2S. The standard InChI is InChI=1S/C11H19N3O2S/c1-2-14(9-3-8-12)10-4-6-11(7-5-10)17(13,15)16/h4-7H,2-3,8-9,12H2,1H3,(H2,13,15,16). The van der Waals surface area contributed by atoms with Crippen molar-refractivity contribution in [3.63, 3.8) is 0 Å². The lowest BCUT2D eigenvalue weighted by atomic mass is 10.2. The Morgan fingerprint density at radius 3 is 2.24 bits per heavy atom. The summed E-state index contributed by atoms with van der Waals surface area (Å²) in [6.07, 6.45) is 0.908. The maximum Gasteiger partial charge on any atom is 0.238 e. The van der Waals surface area contributed by atoms with Crippen molar-refractivity contribution in [3.05, 3.63) is 24.3 Å². The zero-order valence-electron chi connectivity index (χ0n) is 9.96. The molecule has 0 fully saturated rings. The summed E-state index contributed by atoms with van der Waals surface area (Å²) in [7, 11) is -3.61. The molecule has 0 heterocycles. The van der Waals surface area contributed by atoms with Gasteiger partial charge in [-0.3, -0.25) is 0 Å². The fraction of sp³-hybridized carbons (Fsp3) is 0.455. The van der Waals surface area contributed by atoms with E-state index in [1.165, 1.54) is 12.1 Å². The molecule has 0 amide bonds.